The van der Waals surface area contributed by atoms with E-state index in [0.717, 1.165) is 44.9 Å². The van der Waals surface area contributed by atoms with Crippen molar-refractivity contribution in [2.75, 3.05) is 5.75 Å². The van der Waals surface area contributed by atoms with Gasteiger partial charge >= 0.3 is 5.97 Å². The van der Waals surface area contributed by atoms with E-state index in [9.17, 15) is 22.6 Å². The number of rotatable bonds is 9. The predicted molar refractivity (Wildman–Crippen MR) is 174 cm³/mol. The predicted octanol–water partition coefficient (Wildman–Crippen LogP) is 8.67. The molecule has 10 atom stereocenters. The fourth-order valence-electron chi connectivity index (χ4n) is 13.1. The van der Waals surface area contributed by atoms with Gasteiger partial charge in [0.05, 0.1) is 5.75 Å². The van der Waals surface area contributed by atoms with Crippen LogP contribution in [0, 0.1) is 62.6 Å². The molecule has 1 N–H and O–H groups in total. The van der Waals surface area contributed by atoms with Crippen molar-refractivity contribution < 1.29 is 27.3 Å². The summed E-state index contributed by atoms with van der Waals surface area (Å²) in [5.74, 6) is 2.90. The van der Waals surface area contributed by atoms with E-state index in [2.05, 4.69) is 48.5 Å². The topological polar surface area (TPSA) is 97.7 Å². The van der Waals surface area contributed by atoms with Gasteiger partial charge in [0.1, 0.15) is 11.9 Å². The molecule has 6 nitrogen and oxygen atoms in total. The largest absolute Gasteiger partial charge is 0.462 e. The Morgan fingerprint density at radius 2 is 1.55 bits per heavy atom. The maximum atomic E-state index is 14.1. The highest BCUT2D eigenvalue weighted by atomic mass is 32.2. The van der Waals surface area contributed by atoms with Gasteiger partial charge in [0.15, 0.2) is 0 Å². The summed E-state index contributed by atoms with van der Waals surface area (Å²) in [5.41, 5.74) is 0.141. The maximum Gasteiger partial charge on any atom is 0.306 e. The van der Waals surface area contributed by atoms with E-state index in [-0.39, 0.29) is 63.5 Å². The summed E-state index contributed by atoms with van der Waals surface area (Å²) in [5, 5.41) is 0. The SMILES string of the molecule is CCCC(=O)O[C@@H]1CC[C@]2(C)[C@H]3CCC4[C@@H]5[C@H](C(C)C)CC[C@]5(C(=O)CCCS(=O)(=O)O)CC[C@@]4(C)[C@]3(C)CC[C@H]2C1(C)C. The lowest BCUT2D eigenvalue weighted by molar-refractivity contribution is -0.250. The van der Waals surface area contributed by atoms with Crippen molar-refractivity contribution in [2.24, 2.45) is 62.6 Å². The van der Waals surface area contributed by atoms with Crippen LogP contribution in [-0.4, -0.2) is 36.6 Å². The van der Waals surface area contributed by atoms with E-state index in [1.54, 1.807) is 0 Å². The summed E-state index contributed by atoms with van der Waals surface area (Å²) < 4.78 is 38.3. The Hall–Kier alpha value is -0.950. The molecule has 7 heteroatoms. The molecule has 0 radical (unpaired) electrons. The van der Waals surface area contributed by atoms with Gasteiger partial charge in [-0.05, 0) is 129 Å². The van der Waals surface area contributed by atoms with E-state index in [1.165, 1.54) is 25.7 Å². The maximum absolute atomic E-state index is 14.1. The average Bonchev–Trinajstić information content (AvgIpc) is 3.31. The van der Waals surface area contributed by atoms with Crippen molar-refractivity contribution in [1.29, 1.82) is 0 Å². The van der Waals surface area contributed by atoms with Gasteiger partial charge in [-0.1, -0.05) is 55.4 Å². The van der Waals surface area contributed by atoms with Gasteiger partial charge in [0.2, 0.25) is 0 Å². The zero-order valence-electron chi connectivity index (χ0n) is 29.0. The molecular formula is C37H62O6S. The molecule has 252 valence electrons. The molecule has 0 aromatic carbocycles. The highest BCUT2D eigenvalue weighted by molar-refractivity contribution is 7.85. The third-order valence-electron chi connectivity index (χ3n) is 15.4. The van der Waals surface area contributed by atoms with Crippen molar-refractivity contribution in [1.82, 2.24) is 0 Å². The Bertz CT molecular complexity index is 1220. The van der Waals surface area contributed by atoms with Crippen LogP contribution < -0.4 is 0 Å². The number of esters is 1. The third-order valence-corrected chi connectivity index (χ3v) is 16.2. The molecule has 5 fully saturated rings. The molecule has 0 amide bonds. The highest BCUT2D eigenvalue weighted by Gasteiger charge is 2.71. The van der Waals surface area contributed by atoms with Crippen molar-refractivity contribution in [3.63, 3.8) is 0 Å². The van der Waals surface area contributed by atoms with Gasteiger partial charge in [-0.2, -0.15) is 8.42 Å². The number of hydrogen-bond acceptors (Lipinski definition) is 5. The zero-order valence-corrected chi connectivity index (χ0v) is 29.9. The first kappa shape index (κ1) is 34.4. The lowest BCUT2D eigenvalue weighted by atomic mass is 9.32. The summed E-state index contributed by atoms with van der Waals surface area (Å²) in [6.07, 6.45) is 12.6. The lowest BCUT2D eigenvalue weighted by Gasteiger charge is -2.73. The average molecular weight is 635 g/mol. The Kier molecular flexibility index (Phi) is 9.09. The van der Waals surface area contributed by atoms with Crippen LogP contribution in [0.5, 0.6) is 0 Å². The fourth-order valence-corrected chi connectivity index (χ4v) is 13.7. The molecule has 5 aliphatic carbocycles. The van der Waals surface area contributed by atoms with Crippen molar-refractivity contribution in [3.8, 4) is 0 Å². The second-order valence-electron chi connectivity index (χ2n) is 17.7. The van der Waals surface area contributed by atoms with Crippen LogP contribution in [0.25, 0.3) is 0 Å². The Balaban J connectivity index is 1.44. The normalized spacial score (nSPS) is 44.7. The Morgan fingerprint density at radius 3 is 2.18 bits per heavy atom. The molecule has 5 rings (SSSR count). The summed E-state index contributed by atoms with van der Waals surface area (Å²) in [6, 6.07) is 0. The molecule has 0 bridgehead atoms. The molecule has 0 aliphatic heterocycles. The highest BCUT2D eigenvalue weighted by Crippen LogP contribution is 2.77. The van der Waals surface area contributed by atoms with Gasteiger partial charge in [0, 0.05) is 23.7 Å². The molecule has 44 heavy (non-hydrogen) atoms. The molecule has 0 heterocycles. The van der Waals surface area contributed by atoms with Gasteiger partial charge in [-0.25, -0.2) is 0 Å². The van der Waals surface area contributed by atoms with Crippen LogP contribution in [0.2, 0.25) is 0 Å². The molecule has 0 saturated heterocycles. The summed E-state index contributed by atoms with van der Waals surface area (Å²) in [7, 11) is -4.06. The fraction of sp³-hybridized carbons (Fsp3) is 0.946. The van der Waals surface area contributed by atoms with Crippen LogP contribution in [-0.2, 0) is 24.4 Å². The van der Waals surface area contributed by atoms with E-state index >= 15 is 0 Å². The van der Waals surface area contributed by atoms with Crippen LogP contribution in [0.15, 0.2) is 0 Å². The number of carbonyl (C=O) groups excluding carboxylic acids is 2. The number of carbonyl (C=O) groups is 2. The molecule has 5 aliphatic rings. The number of fused-ring (bicyclic) bond motifs is 7. The number of Topliss-reactive ketones (excluding diaryl/α,β-unsaturated/α-hetero) is 1. The molecule has 1 unspecified atom stereocenters. The quantitative estimate of drug-likeness (QED) is 0.201. The van der Waals surface area contributed by atoms with Crippen molar-refractivity contribution in [3.05, 3.63) is 0 Å². The molecular weight excluding hydrogens is 572 g/mol. The number of hydrogen-bond donors (Lipinski definition) is 1. The van der Waals surface area contributed by atoms with Gasteiger partial charge in [-0.15, -0.1) is 0 Å². The van der Waals surface area contributed by atoms with Gasteiger partial charge in [0.25, 0.3) is 10.1 Å². The minimum absolute atomic E-state index is 0.0108. The minimum atomic E-state index is -4.06. The smallest absolute Gasteiger partial charge is 0.306 e. The lowest BCUT2D eigenvalue weighted by Crippen LogP contribution is -2.67. The molecule has 0 aromatic heterocycles. The molecule has 0 aromatic rings. The van der Waals surface area contributed by atoms with Crippen LogP contribution in [0.3, 0.4) is 0 Å². The Labute approximate surface area is 268 Å². The van der Waals surface area contributed by atoms with E-state index in [0.29, 0.717) is 41.9 Å². The van der Waals surface area contributed by atoms with Crippen LogP contribution in [0.1, 0.15) is 145 Å². The van der Waals surface area contributed by atoms with Gasteiger partial charge < -0.3 is 4.74 Å². The minimum Gasteiger partial charge on any atom is -0.462 e. The molecule has 0 spiro atoms. The monoisotopic (exact) mass is 634 g/mol. The second-order valence-corrected chi connectivity index (χ2v) is 19.3. The molecule has 5 saturated carbocycles. The first-order chi connectivity index (χ1) is 20.4. The summed E-state index contributed by atoms with van der Waals surface area (Å²) >= 11 is 0. The second kappa shape index (κ2) is 11.6. The van der Waals surface area contributed by atoms with Crippen LogP contribution in [0.4, 0.5) is 0 Å². The van der Waals surface area contributed by atoms with Gasteiger partial charge in [-0.3, -0.25) is 14.1 Å². The van der Waals surface area contributed by atoms with Crippen molar-refractivity contribution in [2.45, 2.75) is 151 Å². The zero-order chi connectivity index (χ0) is 32.5. The summed E-state index contributed by atoms with van der Waals surface area (Å²) in [6.45, 7) is 19.2. The first-order valence-electron chi connectivity index (χ1n) is 18.1. The standard InChI is InChI=1S/C37H62O6S/c1-9-11-31(39)43-30-17-18-34(6)27(33(30,4)5)16-19-36(8)28(34)14-13-26-32-25(24(2)3)15-20-37(32,22-21-35(26,36)7)29(38)12-10-23-44(40,41)42/h24-28,30,32H,9-23H2,1-8H3,(H,40,41,42)/t25-,26?,27-,28+,30+,32-,34-,35+,36+,37+/m0/s1. The van der Waals surface area contributed by atoms with Crippen molar-refractivity contribution >= 4 is 21.9 Å². The third kappa shape index (κ3) is 5.24. The Morgan fingerprint density at radius 1 is 0.841 bits per heavy atom. The first-order valence-corrected chi connectivity index (χ1v) is 19.7. The summed E-state index contributed by atoms with van der Waals surface area (Å²) in [4.78, 5) is 26.7. The van der Waals surface area contributed by atoms with E-state index in [1.807, 2.05) is 6.92 Å². The number of ether oxygens (including phenoxy) is 1. The van der Waals surface area contributed by atoms with E-state index < -0.39 is 10.1 Å². The van der Waals surface area contributed by atoms with Crippen LogP contribution >= 0.6 is 0 Å². The van der Waals surface area contributed by atoms with E-state index in [4.69, 9.17) is 4.74 Å². The number of ketones is 1.